The van der Waals surface area contributed by atoms with Crippen molar-refractivity contribution in [3.8, 4) is 0 Å². The van der Waals surface area contributed by atoms with E-state index in [9.17, 15) is 23.9 Å². The smallest absolute Gasteiger partial charge is 0.410 e. The van der Waals surface area contributed by atoms with Gasteiger partial charge < -0.3 is 19.6 Å². The van der Waals surface area contributed by atoms with E-state index in [0.717, 1.165) is 12.8 Å². The highest BCUT2D eigenvalue weighted by Crippen LogP contribution is 2.34. The van der Waals surface area contributed by atoms with E-state index in [-0.39, 0.29) is 55.2 Å². The first-order chi connectivity index (χ1) is 18.0. The van der Waals surface area contributed by atoms with E-state index in [1.165, 1.54) is 35.6 Å². The molecule has 0 bridgehead atoms. The number of hydrogen-bond acceptors (Lipinski definition) is 8. The Hall–Kier alpha value is -2.89. The van der Waals surface area contributed by atoms with Crippen molar-refractivity contribution in [1.82, 2.24) is 19.7 Å². The molecule has 11 heteroatoms. The molecule has 2 aliphatic heterocycles. The number of carbonyl (C=O) groups excluding carboxylic acids is 3. The monoisotopic (exact) mass is 546 g/mol. The van der Waals surface area contributed by atoms with E-state index in [4.69, 9.17) is 4.74 Å². The number of carbonyl (C=O) groups is 3. The van der Waals surface area contributed by atoms with E-state index in [0.29, 0.717) is 23.7 Å². The van der Waals surface area contributed by atoms with Crippen LogP contribution in [0.5, 0.6) is 0 Å². The Morgan fingerprint density at radius 2 is 1.87 bits per heavy atom. The summed E-state index contributed by atoms with van der Waals surface area (Å²) < 4.78 is 18.7. The molecular formula is C27H35FN4O5S. The fourth-order valence-corrected chi connectivity index (χ4v) is 5.88. The summed E-state index contributed by atoms with van der Waals surface area (Å²) in [7, 11) is 0. The summed E-state index contributed by atoms with van der Waals surface area (Å²) in [6.45, 7) is 8.54. The van der Waals surface area contributed by atoms with E-state index < -0.39 is 17.5 Å². The zero-order valence-electron chi connectivity index (χ0n) is 22.2. The number of hydrogen-bond donors (Lipinski definition) is 1. The van der Waals surface area contributed by atoms with E-state index in [1.54, 1.807) is 15.2 Å². The number of benzene rings is 1. The molecule has 0 saturated carbocycles. The predicted octanol–water partition coefficient (Wildman–Crippen LogP) is 3.48. The zero-order chi connectivity index (χ0) is 27.6. The van der Waals surface area contributed by atoms with Crippen LogP contribution in [-0.4, -0.2) is 93.0 Å². The molecule has 0 radical (unpaired) electrons. The maximum atomic E-state index is 13.4. The molecule has 2 fully saturated rings. The van der Waals surface area contributed by atoms with Crippen LogP contribution in [0.15, 0.2) is 29.6 Å². The predicted molar refractivity (Wildman–Crippen MR) is 140 cm³/mol. The van der Waals surface area contributed by atoms with Crippen LogP contribution in [0.2, 0.25) is 0 Å². The number of nitrogens with zero attached hydrogens (tertiary/aromatic N) is 4. The third-order valence-electron chi connectivity index (χ3n) is 6.85. The number of thiazole rings is 1. The molecule has 2 aromatic rings. The largest absolute Gasteiger partial charge is 0.444 e. The van der Waals surface area contributed by atoms with Gasteiger partial charge >= 0.3 is 6.09 Å². The Bertz CT molecular complexity index is 1160. The Balaban J connectivity index is 1.41. The first kappa shape index (κ1) is 28.1. The van der Waals surface area contributed by atoms with Gasteiger partial charge in [0.2, 0.25) is 11.7 Å². The van der Waals surface area contributed by atoms with Gasteiger partial charge in [-0.1, -0.05) is 0 Å². The summed E-state index contributed by atoms with van der Waals surface area (Å²) in [5.74, 6) is -0.777. The van der Waals surface area contributed by atoms with Gasteiger partial charge in [-0.15, -0.1) is 11.3 Å². The molecule has 4 rings (SSSR count). The van der Waals surface area contributed by atoms with Crippen LogP contribution >= 0.6 is 11.3 Å². The zero-order valence-corrected chi connectivity index (χ0v) is 23.0. The van der Waals surface area contributed by atoms with Gasteiger partial charge in [0.05, 0.1) is 25.2 Å². The lowest BCUT2D eigenvalue weighted by Gasteiger charge is -2.44. The highest BCUT2D eigenvalue weighted by molar-refractivity contribution is 7.10. The number of likely N-dealkylation sites (tertiary alicyclic amines) is 1. The van der Waals surface area contributed by atoms with Crippen LogP contribution < -0.4 is 0 Å². The summed E-state index contributed by atoms with van der Waals surface area (Å²) in [5, 5.41) is 12.4. The number of ketones is 1. The van der Waals surface area contributed by atoms with Crippen molar-refractivity contribution in [3.05, 3.63) is 51.7 Å². The normalized spacial score (nSPS) is 22.5. The highest BCUT2D eigenvalue weighted by atomic mass is 32.1. The van der Waals surface area contributed by atoms with Crippen molar-refractivity contribution in [2.24, 2.45) is 0 Å². The van der Waals surface area contributed by atoms with Gasteiger partial charge in [-0.2, -0.15) is 0 Å². The first-order valence-electron chi connectivity index (χ1n) is 12.9. The molecule has 0 aliphatic carbocycles. The molecule has 3 atom stereocenters. The number of amides is 2. The molecule has 38 heavy (non-hydrogen) atoms. The minimum Gasteiger partial charge on any atom is -0.444 e. The van der Waals surface area contributed by atoms with Crippen LogP contribution in [0.1, 0.15) is 67.6 Å². The Labute approximate surface area is 226 Å². The molecule has 9 nitrogen and oxygen atoms in total. The Morgan fingerprint density at radius 1 is 1.16 bits per heavy atom. The molecule has 0 spiro atoms. The molecule has 206 valence electrons. The molecule has 2 amide bonds. The second kappa shape index (κ2) is 11.5. The number of aromatic nitrogens is 1. The molecule has 1 N–H and O–H groups in total. The van der Waals surface area contributed by atoms with Gasteiger partial charge in [0.15, 0.2) is 0 Å². The van der Waals surface area contributed by atoms with E-state index in [2.05, 4.69) is 4.98 Å². The van der Waals surface area contributed by atoms with E-state index >= 15 is 0 Å². The number of piperazine rings is 1. The van der Waals surface area contributed by atoms with Crippen LogP contribution in [-0.2, 0) is 9.53 Å². The summed E-state index contributed by atoms with van der Waals surface area (Å²) in [6.07, 6.45) is 1.14. The summed E-state index contributed by atoms with van der Waals surface area (Å²) in [5.41, 5.74) is 0.0172. The Kier molecular flexibility index (Phi) is 8.49. The number of aliphatic hydroxyl groups is 1. The average molecular weight is 547 g/mol. The number of ether oxygens (including phenoxy) is 1. The number of halogens is 1. The lowest BCUT2D eigenvalue weighted by atomic mass is 10.1. The van der Waals surface area contributed by atoms with Gasteiger partial charge in [-0.3, -0.25) is 14.5 Å². The molecular weight excluding hydrogens is 511 g/mol. The lowest BCUT2D eigenvalue weighted by molar-refractivity contribution is -0.135. The highest BCUT2D eigenvalue weighted by Gasteiger charge is 2.39. The summed E-state index contributed by atoms with van der Waals surface area (Å²) >= 11 is 1.34. The van der Waals surface area contributed by atoms with Crippen molar-refractivity contribution in [2.75, 3.05) is 32.8 Å². The Morgan fingerprint density at radius 3 is 2.53 bits per heavy atom. The minimum absolute atomic E-state index is 0.0783. The molecule has 3 heterocycles. The van der Waals surface area contributed by atoms with Crippen LogP contribution in [0.4, 0.5) is 9.18 Å². The van der Waals surface area contributed by atoms with E-state index in [1.807, 2.05) is 32.6 Å². The fraction of sp³-hybridized carbons (Fsp3) is 0.556. The van der Waals surface area contributed by atoms with Crippen molar-refractivity contribution in [2.45, 2.75) is 64.3 Å². The molecule has 2 unspecified atom stereocenters. The van der Waals surface area contributed by atoms with Crippen molar-refractivity contribution < 1.29 is 28.6 Å². The summed E-state index contributed by atoms with van der Waals surface area (Å²) in [4.78, 5) is 48.8. The second-order valence-corrected chi connectivity index (χ2v) is 11.8. The van der Waals surface area contributed by atoms with Crippen LogP contribution in [0.3, 0.4) is 0 Å². The van der Waals surface area contributed by atoms with Gasteiger partial charge in [-0.25, -0.2) is 14.2 Å². The van der Waals surface area contributed by atoms with Crippen molar-refractivity contribution >= 4 is 29.1 Å². The standard InChI is InChI=1S/C27H35FN4O5S/c1-17-12-30(20(15-33)13-32(17)26(36)37-27(2,3)4)14-23(34)31-11-5-6-22(31)25-29-21(16-38-25)24(35)18-7-9-19(28)10-8-18/h7-10,16-17,20,22,33H,5-6,11-15H2,1-4H3/t17?,20?,22-/m0/s1. The third-order valence-corrected chi connectivity index (χ3v) is 7.80. The topological polar surface area (TPSA) is 103 Å². The van der Waals surface area contributed by atoms with Gasteiger partial charge in [0.1, 0.15) is 22.1 Å². The van der Waals surface area contributed by atoms with Crippen molar-refractivity contribution in [1.29, 1.82) is 0 Å². The fourth-order valence-electron chi connectivity index (χ4n) is 4.93. The number of aliphatic hydroxyl groups excluding tert-OH is 1. The molecule has 2 aliphatic rings. The molecule has 2 saturated heterocycles. The summed E-state index contributed by atoms with van der Waals surface area (Å²) in [6, 6.07) is 4.55. The van der Waals surface area contributed by atoms with Crippen LogP contribution in [0, 0.1) is 5.82 Å². The van der Waals surface area contributed by atoms with Gasteiger partial charge in [0, 0.05) is 36.6 Å². The van der Waals surface area contributed by atoms with Gasteiger partial charge in [0.25, 0.3) is 0 Å². The molecule has 1 aromatic carbocycles. The van der Waals surface area contributed by atoms with Crippen LogP contribution in [0.25, 0.3) is 0 Å². The van der Waals surface area contributed by atoms with Crippen molar-refractivity contribution in [3.63, 3.8) is 0 Å². The first-order valence-corrected chi connectivity index (χ1v) is 13.7. The minimum atomic E-state index is -0.622. The SMILES string of the molecule is CC1CN(CC(=O)N2CCC[C@H]2c2nc(C(=O)c3ccc(F)cc3)cs2)C(CO)CN1C(=O)OC(C)(C)C. The average Bonchev–Trinajstić information content (AvgIpc) is 3.53. The van der Waals surface area contributed by atoms with Gasteiger partial charge in [-0.05, 0) is 64.8 Å². The lowest BCUT2D eigenvalue weighted by Crippen LogP contribution is -2.62. The maximum Gasteiger partial charge on any atom is 0.410 e. The quantitative estimate of drug-likeness (QED) is 0.554. The number of rotatable bonds is 6. The molecule has 1 aromatic heterocycles. The third kappa shape index (κ3) is 6.39. The second-order valence-electron chi connectivity index (χ2n) is 10.9. The maximum absolute atomic E-state index is 13.4.